The largest absolute Gasteiger partial charge is 0.0730 e. The van der Waals surface area contributed by atoms with Crippen LogP contribution in [0.25, 0.3) is 0 Å². The van der Waals surface area contributed by atoms with E-state index in [-0.39, 0.29) is 0 Å². The maximum Gasteiger partial charge on any atom is 0.0248 e. The summed E-state index contributed by atoms with van der Waals surface area (Å²) in [6.07, 6.45) is 5.43. The lowest BCUT2D eigenvalue weighted by molar-refractivity contribution is 0.642. The van der Waals surface area contributed by atoms with E-state index >= 15 is 0 Å². The van der Waals surface area contributed by atoms with Crippen molar-refractivity contribution in [2.75, 3.05) is 0 Å². The summed E-state index contributed by atoms with van der Waals surface area (Å²) in [5, 5.41) is 0. The van der Waals surface area contributed by atoms with Crippen LogP contribution in [0, 0.1) is 17.8 Å². The maximum atomic E-state index is 3.17. The molecule has 18 heavy (non-hydrogen) atoms. The summed E-state index contributed by atoms with van der Waals surface area (Å²) >= 11 is 0. The molecule has 0 saturated heterocycles. The molecule has 0 aliphatic rings. The number of rotatable bonds is 3. The minimum Gasteiger partial charge on any atom is -0.0730 e. The molecule has 0 atom stereocenters. The molecule has 0 bridgehead atoms. The molecule has 0 amide bonds. The summed E-state index contributed by atoms with van der Waals surface area (Å²) in [6.45, 7) is 8.70. The third kappa shape index (κ3) is 6.11. The molecule has 0 spiro atoms. The fourth-order valence-electron chi connectivity index (χ4n) is 1.71. The Bertz CT molecular complexity index is 476. The van der Waals surface area contributed by atoms with Crippen LogP contribution in [0.4, 0.5) is 0 Å². The summed E-state index contributed by atoms with van der Waals surface area (Å²) < 4.78 is 0. The van der Waals surface area contributed by atoms with E-state index in [0.717, 1.165) is 17.6 Å². The lowest BCUT2D eigenvalue weighted by Gasteiger charge is -2.02. The van der Waals surface area contributed by atoms with E-state index in [1.807, 2.05) is 30.3 Å². The van der Waals surface area contributed by atoms with E-state index in [2.05, 4.69) is 51.7 Å². The van der Waals surface area contributed by atoms with Gasteiger partial charge in [0.1, 0.15) is 0 Å². The third-order valence-electron chi connectivity index (χ3n) is 2.53. The Labute approximate surface area is 111 Å². The van der Waals surface area contributed by atoms with Crippen molar-refractivity contribution < 1.29 is 0 Å². The SMILES string of the molecule is C/C(C#Cc1ccccc1)=C\C=C(/C)CC(C)C. The van der Waals surface area contributed by atoms with Gasteiger partial charge >= 0.3 is 0 Å². The van der Waals surface area contributed by atoms with Crippen molar-refractivity contribution in [1.82, 2.24) is 0 Å². The zero-order valence-electron chi connectivity index (χ0n) is 11.8. The van der Waals surface area contributed by atoms with Gasteiger partial charge in [-0.2, -0.15) is 0 Å². The van der Waals surface area contributed by atoms with Crippen molar-refractivity contribution >= 4 is 0 Å². The molecule has 1 aromatic rings. The topological polar surface area (TPSA) is 0 Å². The summed E-state index contributed by atoms with van der Waals surface area (Å²) in [6, 6.07) is 10.1. The first-order chi connectivity index (χ1) is 8.58. The first kappa shape index (κ1) is 14.3. The number of hydrogen-bond acceptors (Lipinski definition) is 0. The quantitative estimate of drug-likeness (QED) is 0.515. The molecular weight excluding hydrogens is 216 g/mol. The predicted octanol–water partition coefficient (Wildman–Crippen LogP) is 4.98. The lowest BCUT2D eigenvalue weighted by Crippen LogP contribution is -1.87. The van der Waals surface area contributed by atoms with Crippen molar-refractivity contribution in [2.24, 2.45) is 5.92 Å². The number of allylic oxidation sites excluding steroid dienone is 4. The van der Waals surface area contributed by atoms with E-state index in [1.54, 1.807) is 0 Å². The zero-order chi connectivity index (χ0) is 13.4. The fourth-order valence-corrected chi connectivity index (χ4v) is 1.71. The molecule has 0 saturated carbocycles. The zero-order valence-corrected chi connectivity index (χ0v) is 11.8. The molecule has 0 nitrogen and oxygen atoms in total. The van der Waals surface area contributed by atoms with Gasteiger partial charge in [0.25, 0.3) is 0 Å². The minimum absolute atomic E-state index is 0.713. The Balaban J connectivity index is 2.66. The molecular formula is C18H22. The van der Waals surface area contributed by atoms with Gasteiger partial charge in [0, 0.05) is 5.56 Å². The van der Waals surface area contributed by atoms with Crippen LogP contribution in [0.5, 0.6) is 0 Å². The monoisotopic (exact) mass is 238 g/mol. The number of hydrogen-bond donors (Lipinski definition) is 0. The van der Waals surface area contributed by atoms with Crippen molar-refractivity contribution in [3.05, 3.63) is 59.2 Å². The van der Waals surface area contributed by atoms with Gasteiger partial charge in [-0.25, -0.2) is 0 Å². The van der Waals surface area contributed by atoms with Gasteiger partial charge in [-0.05, 0) is 43.9 Å². The predicted molar refractivity (Wildman–Crippen MR) is 80.3 cm³/mol. The van der Waals surface area contributed by atoms with Gasteiger partial charge in [-0.1, -0.05) is 61.6 Å². The first-order valence-electron chi connectivity index (χ1n) is 6.49. The van der Waals surface area contributed by atoms with Crippen molar-refractivity contribution in [3.63, 3.8) is 0 Å². The molecule has 0 aromatic heterocycles. The molecule has 0 aliphatic heterocycles. The Morgan fingerprint density at radius 1 is 1.11 bits per heavy atom. The highest BCUT2D eigenvalue weighted by atomic mass is 14.0. The Morgan fingerprint density at radius 2 is 1.78 bits per heavy atom. The summed E-state index contributed by atoms with van der Waals surface area (Å²) in [5.41, 5.74) is 3.57. The van der Waals surface area contributed by atoms with Crippen molar-refractivity contribution in [3.8, 4) is 11.8 Å². The van der Waals surface area contributed by atoms with Gasteiger partial charge in [0.05, 0.1) is 0 Å². The van der Waals surface area contributed by atoms with Gasteiger partial charge < -0.3 is 0 Å². The molecule has 0 N–H and O–H groups in total. The summed E-state index contributed by atoms with van der Waals surface area (Å²) in [4.78, 5) is 0. The standard InChI is InChI=1S/C18H22/c1-15(2)14-17(4)11-10-16(3)12-13-18-8-6-5-7-9-18/h5-11,15H,14H2,1-4H3/b16-10+,17-11+. The van der Waals surface area contributed by atoms with E-state index in [4.69, 9.17) is 0 Å². The third-order valence-corrected chi connectivity index (χ3v) is 2.53. The van der Waals surface area contributed by atoms with Crippen LogP contribution in [0.1, 0.15) is 39.7 Å². The normalized spacial score (nSPS) is 12.3. The molecule has 1 aromatic carbocycles. The molecule has 1 rings (SSSR count). The second-order valence-corrected chi connectivity index (χ2v) is 5.08. The van der Waals surface area contributed by atoms with Gasteiger partial charge in [0.2, 0.25) is 0 Å². The highest BCUT2D eigenvalue weighted by Crippen LogP contribution is 2.10. The van der Waals surface area contributed by atoms with Crippen LogP contribution in [-0.4, -0.2) is 0 Å². The molecule has 94 valence electrons. The van der Waals surface area contributed by atoms with Gasteiger partial charge in [0.15, 0.2) is 0 Å². The van der Waals surface area contributed by atoms with Crippen LogP contribution < -0.4 is 0 Å². The smallest absolute Gasteiger partial charge is 0.0248 e. The maximum absolute atomic E-state index is 3.17. The van der Waals surface area contributed by atoms with Gasteiger partial charge in [-0.3, -0.25) is 0 Å². The molecule has 0 radical (unpaired) electrons. The average Bonchev–Trinajstić information content (AvgIpc) is 2.34. The second-order valence-electron chi connectivity index (χ2n) is 5.08. The first-order valence-corrected chi connectivity index (χ1v) is 6.49. The van der Waals surface area contributed by atoms with E-state index in [1.165, 1.54) is 5.57 Å². The second kappa shape index (κ2) is 7.56. The highest BCUT2D eigenvalue weighted by Gasteiger charge is 1.93. The summed E-state index contributed by atoms with van der Waals surface area (Å²) in [5.74, 6) is 7.05. The fraction of sp³-hybridized carbons (Fsp3) is 0.333. The van der Waals surface area contributed by atoms with E-state index in [9.17, 15) is 0 Å². The number of benzene rings is 1. The molecule has 0 aliphatic carbocycles. The van der Waals surface area contributed by atoms with Crippen LogP contribution in [0.3, 0.4) is 0 Å². The highest BCUT2D eigenvalue weighted by molar-refractivity contribution is 5.40. The van der Waals surface area contributed by atoms with E-state index < -0.39 is 0 Å². The van der Waals surface area contributed by atoms with Crippen molar-refractivity contribution in [1.29, 1.82) is 0 Å². The summed E-state index contributed by atoms with van der Waals surface area (Å²) in [7, 11) is 0. The molecule has 0 unspecified atom stereocenters. The van der Waals surface area contributed by atoms with Crippen molar-refractivity contribution in [2.45, 2.75) is 34.1 Å². The molecule has 0 heteroatoms. The Morgan fingerprint density at radius 3 is 2.39 bits per heavy atom. The minimum atomic E-state index is 0.713. The van der Waals surface area contributed by atoms with Crippen LogP contribution in [-0.2, 0) is 0 Å². The molecule has 0 heterocycles. The van der Waals surface area contributed by atoms with Crippen LogP contribution in [0.2, 0.25) is 0 Å². The Hall–Kier alpha value is -1.74. The van der Waals surface area contributed by atoms with Crippen LogP contribution >= 0.6 is 0 Å². The average molecular weight is 238 g/mol. The Kier molecular flexibility index (Phi) is 6.01. The van der Waals surface area contributed by atoms with Gasteiger partial charge in [-0.15, -0.1) is 0 Å². The lowest BCUT2D eigenvalue weighted by atomic mass is 10.0. The van der Waals surface area contributed by atoms with E-state index in [0.29, 0.717) is 5.92 Å². The van der Waals surface area contributed by atoms with Crippen LogP contribution in [0.15, 0.2) is 53.6 Å². The molecule has 0 fully saturated rings.